The summed E-state index contributed by atoms with van der Waals surface area (Å²) in [5.41, 5.74) is -2.33. The predicted octanol–water partition coefficient (Wildman–Crippen LogP) is -2.15. The number of nitrogens with zero attached hydrogens (tertiary/aromatic N) is 1. The van der Waals surface area contributed by atoms with Crippen LogP contribution in [0.5, 0.6) is 0 Å². The van der Waals surface area contributed by atoms with Gasteiger partial charge in [-0.3, -0.25) is 14.3 Å². The van der Waals surface area contributed by atoms with Crippen molar-refractivity contribution in [1.29, 1.82) is 0 Å². The molecule has 0 amide bonds. The maximum Gasteiger partial charge on any atom is 0.330 e. The lowest BCUT2D eigenvalue weighted by Crippen LogP contribution is -2.46. The molecule has 8 nitrogen and oxygen atoms in total. The van der Waals surface area contributed by atoms with Crippen LogP contribution in [0.15, 0.2) is 15.8 Å². The van der Waals surface area contributed by atoms with Gasteiger partial charge in [0, 0.05) is 18.2 Å². The van der Waals surface area contributed by atoms with Crippen LogP contribution >= 0.6 is 0 Å². The maximum absolute atomic E-state index is 11.7. The van der Waals surface area contributed by atoms with Gasteiger partial charge in [0.25, 0.3) is 5.56 Å². The highest BCUT2D eigenvalue weighted by Crippen LogP contribution is 2.35. The van der Waals surface area contributed by atoms with Crippen LogP contribution in [0.4, 0.5) is 0 Å². The molecule has 1 fully saturated rings. The van der Waals surface area contributed by atoms with Crippen molar-refractivity contribution in [3.05, 3.63) is 32.6 Å². The van der Waals surface area contributed by atoms with E-state index in [9.17, 15) is 24.9 Å². The summed E-state index contributed by atoms with van der Waals surface area (Å²) in [6.07, 6.45) is -0.598. The second kappa shape index (κ2) is 4.89. The molecule has 19 heavy (non-hydrogen) atoms. The van der Waals surface area contributed by atoms with Gasteiger partial charge in [-0.1, -0.05) is 0 Å². The SMILES string of the molecule is Cc1cn(C2CC(O)C(CO)(CO)O2)c(=O)[nH]c1=O. The fourth-order valence-electron chi connectivity index (χ4n) is 2.11. The van der Waals surface area contributed by atoms with Crippen molar-refractivity contribution in [3.8, 4) is 0 Å². The summed E-state index contributed by atoms with van der Waals surface area (Å²) in [6.45, 7) is 0.391. The van der Waals surface area contributed by atoms with Gasteiger partial charge in [-0.15, -0.1) is 0 Å². The number of ether oxygens (including phenoxy) is 1. The molecular weight excluding hydrogens is 256 g/mol. The van der Waals surface area contributed by atoms with Crippen LogP contribution in [0.3, 0.4) is 0 Å². The number of aliphatic hydroxyl groups excluding tert-OH is 3. The molecule has 0 radical (unpaired) electrons. The summed E-state index contributed by atoms with van der Waals surface area (Å²) in [6, 6.07) is 0. The normalized spacial score (nSPS) is 25.7. The molecule has 2 heterocycles. The summed E-state index contributed by atoms with van der Waals surface area (Å²) < 4.78 is 6.54. The van der Waals surface area contributed by atoms with Gasteiger partial charge in [-0.25, -0.2) is 4.79 Å². The molecule has 2 rings (SSSR count). The number of hydrogen-bond acceptors (Lipinski definition) is 6. The average molecular weight is 272 g/mol. The molecule has 2 atom stereocenters. The van der Waals surface area contributed by atoms with E-state index in [1.165, 1.54) is 13.1 Å². The summed E-state index contributed by atoms with van der Waals surface area (Å²) in [7, 11) is 0. The van der Waals surface area contributed by atoms with E-state index in [-0.39, 0.29) is 6.42 Å². The van der Waals surface area contributed by atoms with Crippen molar-refractivity contribution < 1.29 is 20.1 Å². The Balaban J connectivity index is 2.38. The first-order valence-corrected chi connectivity index (χ1v) is 5.83. The minimum Gasteiger partial charge on any atom is -0.393 e. The first-order chi connectivity index (χ1) is 8.93. The summed E-state index contributed by atoms with van der Waals surface area (Å²) in [4.78, 5) is 25.1. The van der Waals surface area contributed by atoms with E-state index in [4.69, 9.17) is 4.74 Å². The Bertz CT molecular complexity index is 573. The molecular formula is C11H16N2O6. The third kappa shape index (κ3) is 2.23. The number of aromatic amines is 1. The molecule has 2 unspecified atom stereocenters. The van der Waals surface area contributed by atoms with Crippen LogP contribution in [0.2, 0.25) is 0 Å². The van der Waals surface area contributed by atoms with Gasteiger partial charge in [0.1, 0.15) is 11.8 Å². The number of aliphatic hydroxyl groups is 3. The van der Waals surface area contributed by atoms with Crippen molar-refractivity contribution >= 4 is 0 Å². The Labute approximate surface area is 107 Å². The summed E-state index contributed by atoms with van der Waals surface area (Å²) in [5.74, 6) is 0. The third-order valence-corrected chi connectivity index (χ3v) is 3.39. The Hall–Kier alpha value is -1.48. The Morgan fingerprint density at radius 3 is 2.63 bits per heavy atom. The fourth-order valence-corrected chi connectivity index (χ4v) is 2.11. The first kappa shape index (κ1) is 13.9. The van der Waals surface area contributed by atoms with E-state index in [1.54, 1.807) is 0 Å². The number of aromatic nitrogens is 2. The lowest BCUT2D eigenvalue weighted by atomic mass is 9.99. The standard InChI is InChI=1S/C11H16N2O6/c1-6-3-13(10(18)12-9(6)17)8-2-7(16)11(4-14,5-15)19-8/h3,7-8,14-16H,2,4-5H2,1H3,(H,12,17,18). The number of nitrogens with one attached hydrogen (secondary N) is 1. The monoisotopic (exact) mass is 272 g/mol. The lowest BCUT2D eigenvalue weighted by Gasteiger charge is -2.27. The molecule has 4 N–H and O–H groups in total. The average Bonchev–Trinajstić information content (AvgIpc) is 2.71. The van der Waals surface area contributed by atoms with Crippen molar-refractivity contribution in [3.63, 3.8) is 0 Å². The summed E-state index contributed by atoms with van der Waals surface area (Å²) >= 11 is 0. The van der Waals surface area contributed by atoms with Crippen molar-refractivity contribution in [1.82, 2.24) is 9.55 Å². The fraction of sp³-hybridized carbons (Fsp3) is 0.636. The second-order valence-electron chi connectivity index (χ2n) is 4.68. The zero-order valence-electron chi connectivity index (χ0n) is 10.4. The van der Waals surface area contributed by atoms with E-state index in [1.807, 2.05) is 0 Å². The quantitative estimate of drug-likeness (QED) is 0.497. The maximum atomic E-state index is 11.7. The molecule has 0 aliphatic carbocycles. The number of H-pyrrole nitrogens is 1. The predicted molar refractivity (Wildman–Crippen MR) is 63.7 cm³/mol. The van der Waals surface area contributed by atoms with Crippen LogP contribution in [-0.4, -0.2) is 49.8 Å². The zero-order valence-corrected chi connectivity index (χ0v) is 10.4. The van der Waals surface area contributed by atoms with Crippen LogP contribution in [0, 0.1) is 6.92 Å². The number of aryl methyl sites for hydroxylation is 1. The summed E-state index contributed by atoms with van der Waals surface area (Å²) in [5, 5.41) is 28.3. The molecule has 106 valence electrons. The smallest absolute Gasteiger partial charge is 0.330 e. The molecule has 1 aliphatic heterocycles. The first-order valence-electron chi connectivity index (χ1n) is 5.83. The van der Waals surface area contributed by atoms with Crippen LogP contribution in [0.25, 0.3) is 0 Å². The molecule has 1 aromatic rings. The van der Waals surface area contributed by atoms with E-state index in [0.717, 1.165) is 4.57 Å². The second-order valence-corrected chi connectivity index (χ2v) is 4.68. The Kier molecular flexibility index (Phi) is 3.59. The largest absolute Gasteiger partial charge is 0.393 e. The zero-order chi connectivity index (χ0) is 14.2. The minimum atomic E-state index is -1.49. The van der Waals surface area contributed by atoms with Gasteiger partial charge >= 0.3 is 5.69 Å². The molecule has 0 aromatic carbocycles. The molecule has 0 saturated carbocycles. The van der Waals surface area contributed by atoms with Gasteiger partial charge in [0.2, 0.25) is 0 Å². The van der Waals surface area contributed by atoms with Gasteiger partial charge in [-0.2, -0.15) is 0 Å². The van der Waals surface area contributed by atoms with Gasteiger partial charge in [-0.05, 0) is 6.92 Å². The minimum absolute atomic E-state index is 0.0342. The van der Waals surface area contributed by atoms with E-state index < -0.39 is 42.4 Å². The molecule has 0 bridgehead atoms. The highest BCUT2D eigenvalue weighted by Gasteiger charge is 2.48. The topological polar surface area (TPSA) is 125 Å². The van der Waals surface area contributed by atoms with Crippen molar-refractivity contribution in [2.45, 2.75) is 31.3 Å². The Morgan fingerprint density at radius 1 is 1.47 bits per heavy atom. The van der Waals surface area contributed by atoms with Crippen molar-refractivity contribution in [2.24, 2.45) is 0 Å². The van der Waals surface area contributed by atoms with Gasteiger partial charge in [0.15, 0.2) is 0 Å². The number of hydrogen-bond donors (Lipinski definition) is 4. The molecule has 8 heteroatoms. The van der Waals surface area contributed by atoms with Crippen LogP contribution < -0.4 is 11.2 Å². The third-order valence-electron chi connectivity index (χ3n) is 3.39. The molecule has 1 aliphatic rings. The van der Waals surface area contributed by atoms with Gasteiger partial charge in [0.05, 0.1) is 19.3 Å². The van der Waals surface area contributed by atoms with E-state index >= 15 is 0 Å². The Morgan fingerprint density at radius 2 is 2.11 bits per heavy atom. The van der Waals surface area contributed by atoms with E-state index in [2.05, 4.69) is 4.98 Å². The molecule has 1 aromatic heterocycles. The van der Waals surface area contributed by atoms with E-state index in [0.29, 0.717) is 5.56 Å². The number of rotatable bonds is 3. The lowest BCUT2D eigenvalue weighted by molar-refractivity contribution is -0.150. The van der Waals surface area contributed by atoms with Crippen LogP contribution in [0.1, 0.15) is 18.2 Å². The van der Waals surface area contributed by atoms with Gasteiger partial charge < -0.3 is 20.1 Å². The highest BCUT2D eigenvalue weighted by atomic mass is 16.6. The molecule has 0 spiro atoms. The van der Waals surface area contributed by atoms with Crippen LogP contribution in [-0.2, 0) is 4.74 Å². The molecule has 1 saturated heterocycles. The highest BCUT2D eigenvalue weighted by molar-refractivity contribution is 5.03. The van der Waals surface area contributed by atoms with Crippen molar-refractivity contribution in [2.75, 3.05) is 13.2 Å².